The number of hydrogen-bond donors (Lipinski definition) is 0. The molecule has 0 fully saturated rings. The lowest BCUT2D eigenvalue weighted by Gasteiger charge is -2.13. The van der Waals surface area contributed by atoms with E-state index in [1.165, 1.54) is 54.0 Å². The maximum absolute atomic E-state index is 13.5. The summed E-state index contributed by atoms with van der Waals surface area (Å²) in [5.41, 5.74) is 1.21. The molecule has 30 heavy (non-hydrogen) atoms. The summed E-state index contributed by atoms with van der Waals surface area (Å²) < 4.78 is 25.2. The third-order valence-electron chi connectivity index (χ3n) is 4.49. The molecule has 4 rings (SSSR count). The molecule has 0 bridgehead atoms. The highest BCUT2D eigenvalue weighted by Crippen LogP contribution is 2.24. The fourth-order valence-corrected chi connectivity index (χ4v) is 3.97. The van der Waals surface area contributed by atoms with Crippen molar-refractivity contribution in [2.75, 3.05) is 7.11 Å². The summed E-state index contributed by atoms with van der Waals surface area (Å²) in [5, 5.41) is 0.819. The van der Waals surface area contributed by atoms with Gasteiger partial charge in [-0.05, 0) is 48.0 Å². The van der Waals surface area contributed by atoms with E-state index in [1.807, 2.05) is 6.07 Å². The van der Waals surface area contributed by atoms with Crippen LogP contribution in [-0.4, -0.2) is 22.6 Å². The molecule has 0 saturated heterocycles. The van der Waals surface area contributed by atoms with Gasteiger partial charge in [0.05, 0.1) is 36.4 Å². The van der Waals surface area contributed by atoms with Gasteiger partial charge in [0.25, 0.3) is 5.56 Å². The summed E-state index contributed by atoms with van der Waals surface area (Å²) in [4.78, 5) is 29.7. The topological polar surface area (TPSA) is 74.3 Å². The zero-order valence-electron chi connectivity index (χ0n) is 16.0. The monoisotopic (exact) mass is 424 g/mol. The molecule has 0 aliphatic rings. The van der Waals surface area contributed by atoms with E-state index in [1.54, 1.807) is 24.3 Å². The number of rotatable bonds is 6. The number of hydrogen-bond acceptors (Lipinski definition) is 6. The van der Waals surface area contributed by atoms with Crippen molar-refractivity contribution in [2.45, 2.75) is 17.5 Å². The van der Waals surface area contributed by atoms with Gasteiger partial charge in [-0.3, -0.25) is 9.36 Å². The minimum atomic E-state index is -0.507. The first kappa shape index (κ1) is 19.9. The van der Waals surface area contributed by atoms with Crippen molar-refractivity contribution >= 4 is 28.6 Å². The molecule has 0 saturated carbocycles. The maximum Gasteiger partial charge on any atom is 0.337 e. The highest BCUT2D eigenvalue weighted by Gasteiger charge is 2.15. The van der Waals surface area contributed by atoms with Gasteiger partial charge in [-0.1, -0.05) is 23.9 Å². The Hall–Kier alpha value is -3.39. The molecular weight excluding hydrogens is 407 g/mol. The molecule has 2 aromatic carbocycles. The van der Waals surface area contributed by atoms with Crippen LogP contribution in [0.2, 0.25) is 0 Å². The first-order chi connectivity index (χ1) is 14.5. The predicted molar refractivity (Wildman–Crippen MR) is 111 cm³/mol. The fraction of sp³-hybridized carbons (Fsp3) is 0.136. The zero-order chi connectivity index (χ0) is 21.1. The molecule has 0 aliphatic heterocycles. The van der Waals surface area contributed by atoms with Crippen molar-refractivity contribution in [1.82, 2.24) is 9.55 Å². The van der Waals surface area contributed by atoms with E-state index < -0.39 is 5.97 Å². The normalized spacial score (nSPS) is 11.0. The first-order valence-electron chi connectivity index (χ1n) is 9.07. The number of nitrogens with zero attached hydrogens (tertiary/aromatic N) is 2. The van der Waals surface area contributed by atoms with Crippen LogP contribution >= 0.6 is 11.8 Å². The SMILES string of the molecule is COC(=O)c1ccc2c(=O)n(Cc3ccco3)c(SCc3cccc(F)c3)nc2c1. The smallest absolute Gasteiger partial charge is 0.337 e. The van der Waals surface area contributed by atoms with Gasteiger partial charge in [0.1, 0.15) is 11.6 Å². The van der Waals surface area contributed by atoms with E-state index in [0.29, 0.717) is 33.1 Å². The highest BCUT2D eigenvalue weighted by molar-refractivity contribution is 7.98. The number of ether oxygens (including phenoxy) is 1. The average Bonchev–Trinajstić information content (AvgIpc) is 3.27. The van der Waals surface area contributed by atoms with Gasteiger partial charge in [0.15, 0.2) is 5.16 Å². The highest BCUT2D eigenvalue weighted by atomic mass is 32.2. The summed E-state index contributed by atoms with van der Waals surface area (Å²) in [5.74, 6) is 0.199. The Kier molecular flexibility index (Phi) is 5.67. The Morgan fingerprint density at radius 3 is 2.80 bits per heavy atom. The second kappa shape index (κ2) is 8.54. The molecule has 6 nitrogen and oxygen atoms in total. The lowest BCUT2D eigenvalue weighted by molar-refractivity contribution is 0.0601. The number of methoxy groups -OCH3 is 1. The van der Waals surface area contributed by atoms with Crippen LogP contribution in [0.15, 0.2) is 75.2 Å². The number of thioether (sulfide) groups is 1. The zero-order valence-corrected chi connectivity index (χ0v) is 16.8. The van der Waals surface area contributed by atoms with Crippen molar-refractivity contribution in [1.29, 1.82) is 0 Å². The molecule has 0 unspecified atom stereocenters. The lowest BCUT2D eigenvalue weighted by atomic mass is 10.1. The van der Waals surface area contributed by atoms with Crippen LogP contribution in [0.5, 0.6) is 0 Å². The Labute approximate surface area is 175 Å². The van der Waals surface area contributed by atoms with Crippen molar-refractivity contribution in [3.63, 3.8) is 0 Å². The Balaban J connectivity index is 1.78. The van der Waals surface area contributed by atoms with Gasteiger partial charge < -0.3 is 9.15 Å². The summed E-state index contributed by atoms with van der Waals surface area (Å²) in [6, 6.07) is 14.4. The van der Waals surface area contributed by atoms with Gasteiger partial charge in [-0.15, -0.1) is 0 Å². The van der Waals surface area contributed by atoms with Crippen LogP contribution in [0.25, 0.3) is 10.9 Å². The largest absolute Gasteiger partial charge is 0.467 e. The second-order valence-corrected chi connectivity index (χ2v) is 7.45. The Morgan fingerprint density at radius 1 is 1.20 bits per heavy atom. The number of esters is 1. The van der Waals surface area contributed by atoms with E-state index in [0.717, 1.165) is 5.56 Å². The minimum Gasteiger partial charge on any atom is -0.467 e. The Bertz CT molecular complexity index is 1270. The number of halogens is 1. The van der Waals surface area contributed by atoms with Gasteiger partial charge in [0, 0.05) is 5.75 Å². The second-order valence-electron chi connectivity index (χ2n) is 6.51. The molecule has 2 heterocycles. The third-order valence-corrected chi connectivity index (χ3v) is 5.54. The average molecular weight is 424 g/mol. The first-order valence-corrected chi connectivity index (χ1v) is 10.1. The molecule has 152 valence electrons. The van der Waals surface area contributed by atoms with Crippen LogP contribution < -0.4 is 5.56 Å². The molecule has 0 atom stereocenters. The van der Waals surface area contributed by atoms with E-state index in [2.05, 4.69) is 4.98 Å². The number of carbonyl (C=O) groups excluding carboxylic acids is 1. The molecule has 0 spiro atoms. The standard InChI is InChI=1S/C22H17FN2O4S/c1-28-21(27)15-7-8-18-19(11-15)24-22(30-13-14-4-2-5-16(23)10-14)25(20(18)26)12-17-6-3-9-29-17/h2-11H,12-13H2,1H3. The van der Waals surface area contributed by atoms with E-state index in [4.69, 9.17) is 9.15 Å². The van der Waals surface area contributed by atoms with E-state index >= 15 is 0 Å². The fourth-order valence-electron chi connectivity index (χ4n) is 3.03. The van der Waals surface area contributed by atoms with Gasteiger partial charge in [-0.2, -0.15) is 0 Å². The number of furan rings is 1. The maximum atomic E-state index is 13.5. The Morgan fingerprint density at radius 2 is 2.07 bits per heavy atom. The van der Waals surface area contributed by atoms with Crippen LogP contribution in [-0.2, 0) is 17.0 Å². The number of aromatic nitrogens is 2. The summed E-state index contributed by atoms with van der Waals surface area (Å²) in [7, 11) is 1.29. The van der Waals surface area contributed by atoms with Crippen LogP contribution in [0.4, 0.5) is 4.39 Å². The molecule has 0 radical (unpaired) electrons. The molecule has 0 aliphatic carbocycles. The van der Waals surface area contributed by atoms with Gasteiger partial charge in [0.2, 0.25) is 0 Å². The van der Waals surface area contributed by atoms with Crippen LogP contribution in [0, 0.1) is 5.82 Å². The van der Waals surface area contributed by atoms with Crippen LogP contribution in [0.1, 0.15) is 21.7 Å². The van der Waals surface area contributed by atoms with Crippen molar-refractivity contribution in [2.24, 2.45) is 0 Å². The molecule has 0 N–H and O–H groups in total. The molecule has 0 amide bonds. The van der Waals surface area contributed by atoms with E-state index in [-0.39, 0.29) is 17.9 Å². The summed E-state index contributed by atoms with van der Waals surface area (Å²) in [6.45, 7) is 0.207. The number of fused-ring (bicyclic) bond motifs is 1. The molecule has 2 aromatic heterocycles. The molecule has 4 aromatic rings. The van der Waals surface area contributed by atoms with Crippen molar-refractivity contribution in [3.8, 4) is 0 Å². The third kappa shape index (κ3) is 4.13. The predicted octanol–water partition coefficient (Wildman–Crippen LogP) is 4.26. The summed E-state index contributed by atoms with van der Waals surface area (Å²) in [6.07, 6.45) is 1.54. The lowest BCUT2D eigenvalue weighted by Crippen LogP contribution is -2.24. The minimum absolute atomic E-state index is 0.207. The number of benzene rings is 2. The molecular formula is C22H17FN2O4S. The van der Waals surface area contributed by atoms with Crippen molar-refractivity contribution in [3.05, 3.63) is 93.9 Å². The van der Waals surface area contributed by atoms with Gasteiger partial charge in [-0.25, -0.2) is 14.2 Å². The summed E-state index contributed by atoms with van der Waals surface area (Å²) >= 11 is 1.31. The van der Waals surface area contributed by atoms with Crippen LogP contribution in [0.3, 0.4) is 0 Å². The quantitative estimate of drug-likeness (QED) is 0.262. The van der Waals surface area contributed by atoms with E-state index in [9.17, 15) is 14.0 Å². The number of carbonyl (C=O) groups is 1. The molecule has 8 heteroatoms. The van der Waals surface area contributed by atoms with Crippen molar-refractivity contribution < 1.29 is 18.3 Å². The van der Waals surface area contributed by atoms with Gasteiger partial charge >= 0.3 is 5.97 Å².